The summed E-state index contributed by atoms with van der Waals surface area (Å²) < 4.78 is 13.6. The third-order valence-corrected chi connectivity index (χ3v) is 14.6. The number of nitrogens with two attached hydrogens (primary N) is 2. The molecule has 1 fully saturated rings. The van der Waals surface area contributed by atoms with Crippen LogP contribution >= 0.6 is 0 Å². The highest BCUT2D eigenvalue weighted by molar-refractivity contribution is 7.86. The number of imidazole rings is 1. The Morgan fingerprint density at radius 2 is 1.42 bits per heavy atom. The number of nitrogens with one attached hydrogen (secondary N) is 10. The number of primary amides is 2. The van der Waals surface area contributed by atoms with Gasteiger partial charge in [-0.15, -0.1) is 0 Å². The van der Waals surface area contributed by atoms with Gasteiger partial charge in [-0.2, -0.15) is 0 Å². The van der Waals surface area contributed by atoms with Crippen molar-refractivity contribution in [3.05, 3.63) is 90.1 Å². The molecule has 4 aromatic rings. The number of carbonyl (C=O) groups is 10. The zero-order valence-electron chi connectivity index (χ0n) is 43.8. The van der Waals surface area contributed by atoms with E-state index in [9.17, 15) is 52.2 Å². The van der Waals surface area contributed by atoms with Crippen LogP contribution in [0.15, 0.2) is 73.3 Å². The molecule has 0 saturated carbocycles. The Labute approximate surface area is 448 Å². The van der Waals surface area contributed by atoms with Crippen molar-refractivity contribution in [1.82, 2.24) is 57.5 Å². The van der Waals surface area contributed by atoms with Crippen LogP contribution in [-0.2, 0) is 78.0 Å². The minimum absolute atomic E-state index is 0.0164. The van der Waals surface area contributed by atoms with E-state index in [4.69, 9.17) is 11.5 Å². The fraction of sp³-hybridized carbons (Fsp3) is 0.481. The van der Waals surface area contributed by atoms with E-state index in [1.165, 1.54) is 19.4 Å². The first-order valence-corrected chi connectivity index (χ1v) is 26.9. The summed E-state index contributed by atoms with van der Waals surface area (Å²) in [5.41, 5.74) is 13.7. The second kappa shape index (κ2) is 28.8. The lowest BCUT2D eigenvalue weighted by atomic mass is 10.0. The first-order chi connectivity index (χ1) is 36.6. The van der Waals surface area contributed by atoms with Gasteiger partial charge < -0.3 is 64.0 Å². The number of fused-ring (bicyclic) bond motifs is 1. The van der Waals surface area contributed by atoms with Crippen molar-refractivity contribution >= 4 is 80.8 Å². The maximum Gasteiger partial charge on any atom is 0.243 e. The first-order valence-electron chi connectivity index (χ1n) is 25.5. The minimum atomic E-state index is -1.77. The highest BCUT2D eigenvalue weighted by atomic mass is 32.2. The summed E-state index contributed by atoms with van der Waals surface area (Å²) in [7, 11) is -1.77. The molecule has 1 aliphatic heterocycles. The Morgan fingerprint density at radius 1 is 0.740 bits per heavy atom. The van der Waals surface area contributed by atoms with E-state index in [0.717, 1.165) is 16.5 Å². The molecule has 24 nitrogen and oxygen atoms in total. The SMILES string of the molecule is CC(C)C[C@@H](C(N)=O)[S@@](=O)C[C@H](Cc1ccccc1)NC(=O)[C@H](Cc1cnc[nH]1)NC(=O)CNC(=O)[C@@H](NC(=O)[C@H](C)NC(=O)[C@H](Cc1c[nH]c2ccccc12)NC(=O)[C@H](CCC(N)=O)NC(=O)[C@@H]1CCC(=O)N1)C(C)C. The van der Waals surface area contributed by atoms with Gasteiger partial charge in [0.05, 0.1) is 12.9 Å². The van der Waals surface area contributed by atoms with Crippen molar-refractivity contribution < 1.29 is 52.2 Å². The molecule has 416 valence electrons. The Bertz CT molecular complexity index is 2750. The summed E-state index contributed by atoms with van der Waals surface area (Å²) in [6, 6.07) is 8.20. The van der Waals surface area contributed by atoms with Crippen LogP contribution < -0.4 is 54.0 Å². The summed E-state index contributed by atoms with van der Waals surface area (Å²) in [5, 5.41) is 20.8. The smallest absolute Gasteiger partial charge is 0.243 e. The lowest BCUT2D eigenvalue weighted by Crippen LogP contribution is -2.59. The van der Waals surface area contributed by atoms with Gasteiger partial charge in [0.1, 0.15) is 41.5 Å². The third-order valence-electron chi connectivity index (χ3n) is 12.8. The van der Waals surface area contributed by atoms with Crippen molar-refractivity contribution in [1.29, 1.82) is 0 Å². The molecule has 0 bridgehead atoms. The molecule has 3 heterocycles. The van der Waals surface area contributed by atoms with Crippen molar-refractivity contribution in [3.63, 3.8) is 0 Å². The molecule has 1 aliphatic rings. The number of rotatable bonds is 30. The number of aromatic nitrogens is 3. The minimum Gasteiger partial charge on any atom is -0.370 e. The summed E-state index contributed by atoms with van der Waals surface area (Å²) in [4.78, 5) is 142. The molecule has 14 N–H and O–H groups in total. The Hall–Kier alpha value is -7.96. The number of hydrogen-bond donors (Lipinski definition) is 12. The van der Waals surface area contributed by atoms with Gasteiger partial charge in [0, 0.05) is 77.3 Å². The van der Waals surface area contributed by atoms with E-state index in [2.05, 4.69) is 57.5 Å². The van der Waals surface area contributed by atoms with Crippen LogP contribution in [0.5, 0.6) is 0 Å². The monoisotopic (exact) mass is 1090 g/mol. The number of aromatic amines is 2. The predicted molar refractivity (Wildman–Crippen MR) is 285 cm³/mol. The molecule has 0 aliphatic carbocycles. The zero-order valence-corrected chi connectivity index (χ0v) is 44.6. The van der Waals surface area contributed by atoms with Crippen LogP contribution in [-0.4, -0.2) is 138 Å². The fourth-order valence-electron chi connectivity index (χ4n) is 8.63. The first kappa shape index (κ1) is 59.9. The molecule has 1 saturated heterocycles. The van der Waals surface area contributed by atoms with E-state index in [0.29, 0.717) is 11.3 Å². The summed E-state index contributed by atoms with van der Waals surface area (Å²) in [6.07, 6.45) is 4.67. The molecule has 25 heteroatoms. The topological polar surface area (TPSA) is 381 Å². The summed E-state index contributed by atoms with van der Waals surface area (Å²) in [6.45, 7) is 7.78. The fourth-order valence-corrected chi connectivity index (χ4v) is 10.3. The molecule has 0 unspecified atom stereocenters. The van der Waals surface area contributed by atoms with Gasteiger partial charge >= 0.3 is 0 Å². The maximum absolute atomic E-state index is 14.1. The van der Waals surface area contributed by atoms with Gasteiger partial charge in [-0.25, -0.2) is 4.98 Å². The standard InChI is InChI=1S/C52H71N13O11S/c1-28(2)19-41(46(54)69)77(76)26-34(20-31-11-7-6-8-12-31)60-51(74)40(22-33-24-55-27-58-33)62-44(68)25-57-52(75)45(29(3)4)65-47(70)30(5)59-50(73)39(21-32-23-56-36-14-10-9-13-35(32)36)64-49(72)38(15-17-42(53)66)63-48(71)37-16-18-43(67)61-37/h6-14,23-24,27-30,34,37-41,45,56H,15-22,25-26H2,1-5H3,(H2,53,66)(H2,54,69)(H,55,58)(H,57,75)(H,59,73)(H,60,74)(H,61,67)(H,62,68)(H,63,71)(H,64,72)(H,65,70)/t30-,34-,37-,38-,39-,40-,41-,45-,77-/m0/s1. The number of H-pyrrole nitrogens is 2. The lowest BCUT2D eigenvalue weighted by molar-refractivity contribution is -0.135. The van der Waals surface area contributed by atoms with Gasteiger partial charge in [0.2, 0.25) is 59.1 Å². The highest BCUT2D eigenvalue weighted by Crippen LogP contribution is 2.20. The summed E-state index contributed by atoms with van der Waals surface area (Å²) >= 11 is 0. The van der Waals surface area contributed by atoms with Crippen LogP contribution in [0.2, 0.25) is 0 Å². The average molecular weight is 1090 g/mol. The Kier molecular flexibility index (Phi) is 22.4. The maximum atomic E-state index is 14.1. The molecular formula is C52H71N13O11S. The van der Waals surface area contributed by atoms with E-state index in [-0.39, 0.29) is 68.9 Å². The molecular weight excluding hydrogens is 1010 g/mol. The number of para-hydroxylation sites is 1. The molecule has 10 amide bonds. The molecule has 2 aromatic carbocycles. The van der Waals surface area contributed by atoms with Crippen molar-refractivity contribution in [2.75, 3.05) is 12.3 Å². The van der Waals surface area contributed by atoms with Crippen LogP contribution in [0.1, 0.15) is 83.5 Å². The number of hydrogen-bond acceptors (Lipinski definition) is 12. The van der Waals surface area contributed by atoms with Crippen molar-refractivity contribution in [2.45, 2.75) is 134 Å². The number of benzene rings is 2. The van der Waals surface area contributed by atoms with Gasteiger partial charge in [-0.1, -0.05) is 76.2 Å². The lowest BCUT2D eigenvalue weighted by Gasteiger charge is -2.26. The average Bonchev–Trinajstić information content (AvgIpc) is 4.17. The number of carbonyl (C=O) groups excluding carboxylic acids is 10. The van der Waals surface area contributed by atoms with Gasteiger partial charge in [0.15, 0.2) is 0 Å². The largest absolute Gasteiger partial charge is 0.370 e. The molecule has 9 atom stereocenters. The quantitative estimate of drug-likeness (QED) is 0.0294. The van der Waals surface area contributed by atoms with E-state index < -0.39 is 124 Å². The molecule has 77 heavy (non-hydrogen) atoms. The van der Waals surface area contributed by atoms with Gasteiger partial charge in [-0.3, -0.25) is 52.2 Å². The number of amides is 10. The Balaban J connectivity index is 1.25. The van der Waals surface area contributed by atoms with Gasteiger partial charge in [-0.05, 0) is 61.6 Å². The van der Waals surface area contributed by atoms with Crippen molar-refractivity contribution in [3.8, 4) is 0 Å². The number of nitrogens with zero attached hydrogens (tertiary/aromatic N) is 1. The van der Waals surface area contributed by atoms with Gasteiger partial charge in [0.25, 0.3) is 0 Å². The van der Waals surface area contributed by atoms with Crippen LogP contribution in [0.4, 0.5) is 0 Å². The molecule has 0 spiro atoms. The summed E-state index contributed by atoms with van der Waals surface area (Å²) in [5.74, 6) is -7.75. The van der Waals surface area contributed by atoms with Crippen LogP contribution in [0.25, 0.3) is 10.9 Å². The van der Waals surface area contributed by atoms with Crippen molar-refractivity contribution in [2.24, 2.45) is 23.3 Å². The Morgan fingerprint density at radius 3 is 2.05 bits per heavy atom. The van der Waals surface area contributed by atoms with E-state index in [1.807, 2.05) is 62.4 Å². The van der Waals surface area contributed by atoms with E-state index in [1.54, 1.807) is 26.1 Å². The second-order valence-electron chi connectivity index (χ2n) is 19.9. The molecule has 5 rings (SSSR count). The van der Waals surface area contributed by atoms with E-state index >= 15 is 0 Å². The predicted octanol–water partition coefficient (Wildman–Crippen LogP) is -1.19. The zero-order chi connectivity index (χ0) is 56.3. The third kappa shape index (κ3) is 18.7. The second-order valence-corrected chi connectivity index (χ2v) is 21.6. The van der Waals surface area contributed by atoms with Crippen LogP contribution in [0.3, 0.4) is 0 Å². The molecule has 0 radical (unpaired) electrons. The highest BCUT2D eigenvalue weighted by Gasteiger charge is 2.35. The van der Waals surface area contributed by atoms with Crippen LogP contribution in [0, 0.1) is 11.8 Å². The normalized spacial score (nSPS) is 16.4. The molecule has 2 aromatic heterocycles.